The number of nitrogens with zero attached hydrogens (tertiary/aromatic N) is 1. The number of fused-ring (bicyclic) bond motifs is 3. The minimum atomic E-state index is -2.90. The molecule has 1 N–H and O–H groups in total. The van der Waals surface area contributed by atoms with E-state index in [0.29, 0.717) is 31.1 Å². The van der Waals surface area contributed by atoms with Gasteiger partial charge in [0.2, 0.25) is 11.8 Å². The minimum Gasteiger partial charge on any atom is -0.507 e. The third-order valence-corrected chi connectivity index (χ3v) is 17.1. The summed E-state index contributed by atoms with van der Waals surface area (Å²) in [4.78, 5) is 30.0. The Labute approximate surface area is 328 Å². The monoisotopic (exact) mass is 753 g/mol. The van der Waals surface area contributed by atoms with Gasteiger partial charge in [-0.15, -0.1) is 0 Å². The SMILES string of the molecule is CCC/C(=C\c1cc(C)c(O)c(C)c1)CC[C@H]1OC[C@H]2C1=C(CO[Si](c1ccccc1)(c1ccccc1)C(C)(C)C)C[C@H]1C(=O)N(c3ccccc3)C(=O)[C@H]12. The number of aromatic hydroxyl groups is 1. The van der Waals surface area contributed by atoms with E-state index in [1.807, 2.05) is 56.3 Å². The molecule has 4 aromatic carbocycles. The molecule has 7 rings (SSSR count). The second-order valence-electron chi connectivity index (χ2n) is 16.7. The smallest absolute Gasteiger partial charge is 0.261 e. The van der Waals surface area contributed by atoms with Crippen LogP contribution < -0.4 is 15.3 Å². The van der Waals surface area contributed by atoms with Crippen molar-refractivity contribution in [3.63, 3.8) is 0 Å². The standard InChI is InChI=1S/C48H55NO5Si/c1-7-17-34(28-35-26-32(2)45(50)33(3)27-35)24-25-42-43-36(29-40-44(41(43)31-53-42)47(52)49(46(40)51)37-18-11-8-12-19-37)30-54-55(48(4,5)6,38-20-13-9-14-21-38)39-22-15-10-16-23-39/h8-16,18-23,26-28,40-42,44,50H,7,17,24-25,29-31H2,1-6H3/b34-28+/t40-,41+,42-,44-/m1/s1. The number of phenols is 1. The molecule has 55 heavy (non-hydrogen) atoms. The van der Waals surface area contributed by atoms with Gasteiger partial charge in [0.15, 0.2) is 0 Å². The van der Waals surface area contributed by atoms with Crippen molar-refractivity contribution < 1.29 is 23.9 Å². The number of imide groups is 1. The van der Waals surface area contributed by atoms with Crippen LogP contribution in [0.15, 0.2) is 120 Å². The summed E-state index contributed by atoms with van der Waals surface area (Å²) in [5.74, 6) is -1.01. The van der Waals surface area contributed by atoms with Crippen molar-refractivity contribution in [2.45, 2.75) is 84.8 Å². The molecule has 2 aliphatic heterocycles. The maximum Gasteiger partial charge on any atom is 0.261 e. The molecule has 0 aromatic heterocycles. The minimum absolute atomic E-state index is 0.121. The summed E-state index contributed by atoms with van der Waals surface area (Å²) in [6, 6.07) is 34.8. The Morgan fingerprint density at radius 1 is 0.855 bits per heavy atom. The molecule has 2 amide bonds. The summed E-state index contributed by atoms with van der Waals surface area (Å²) < 4.78 is 14.3. The van der Waals surface area contributed by atoms with Crippen LogP contribution in [0.2, 0.25) is 5.04 Å². The number of carbonyl (C=O) groups excluding carboxylic acids is 2. The molecule has 0 spiro atoms. The quantitative estimate of drug-likeness (QED) is 0.0888. The molecule has 2 fully saturated rings. The first-order chi connectivity index (χ1) is 26.4. The molecule has 0 bridgehead atoms. The molecule has 7 heteroatoms. The van der Waals surface area contributed by atoms with Gasteiger partial charge in [-0.1, -0.05) is 125 Å². The number of carbonyl (C=O) groups is 2. The number of rotatable bonds is 12. The summed E-state index contributed by atoms with van der Waals surface area (Å²) >= 11 is 0. The largest absolute Gasteiger partial charge is 0.507 e. The maximum atomic E-state index is 14.3. The molecule has 4 atom stereocenters. The fourth-order valence-electron chi connectivity index (χ4n) is 9.61. The average Bonchev–Trinajstić information content (AvgIpc) is 3.71. The van der Waals surface area contributed by atoms with E-state index in [4.69, 9.17) is 9.16 Å². The van der Waals surface area contributed by atoms with E-state index in [1.54, 1.807) is 0 Å². The lowest BCUT2D eigenvalue weighted by molar-refractivity contribution is -0.122. The van der Waals surface area contributed by atoms with Crippen molar-refractivity contribution in [2.24, 2.45) is 17.8 Å². The second kappa shape index (κ2) is 15.9. The fraction of sp³-hybridized carbons (Fsp3) is 0.375. The van der Waals surface area contributed by atoms with Crippen LogP contribution in [0.3, 0.4) is 0 Å². The molecule has 2 heterocycles. The molecule has 286 valence electrons. The average molecular weight is 754 g/mol. The molecular weight excluding hydrogens is 699 g/mol. The summed E-state index contributed by atoms with van der Waals surface area (Å²) in [6.07, 6.45) is 6.16. The number of amides is 2. The van der Waals surface area contributed by atoms with Gasteiger partial charge < -0.3 is 14.3 Å². The number of allylic oxidation sites excluding steroid dienone is 1. The van der Waals surface area contributed by atoms with Gasteiger partial charge in [0.25, 0.3) is 8.32 Å². The van der Waals surface area contributed by atoms with Crippen LogP contribution in [0.5, 0.6) is 5.75 Å². The number of aryl methyl sites for hydroxylation is 2. The van der Waals surface area contributed by atoms with Crippen LogP contribution in [0, 0.1) is 31.6 Å². The summed E-state index contributed by atoms with van der Waals surface area (Å²) in [5, 5.41) is 12.6. The highest BCUT2D eigenvalue weighted by Crippen LogP contribution is 2.51. The second-order valence-corrected chi connectivity index (χ2v) is 21.0. The zero-order valence-electron chi connectivity index (χ0n) is 33.2. The fourth-order valence-corrected chi connectivity index (χ4v) is 14.2. The number of phenolic OH excluding ortho intramolecular Hbond substituents is 1. The van der Waals surface area contributed by atoms with E-state index < -0.39 is 20.2 Å². The number of benzene rings is 4. The van der Waals surface area contributed by atoms with Gasteiger partial charge in [0, 0.05) is 5.92 Å². The summed E-state index contributed by atoms with van der Waals surface area (Å²) in [7, 11) is -2.90. The highest BCUT2D eigenvalue weighted by Gasteiger charge is 2.58. The summed E-state index contributed by atoms with van der Waals surface area (Å²) in [6.45, 7) is 13.7. The number of hydrogen-bond donors (Lipinski definition) is 1. The Morgan fingerprint density at radius 3 is 2.00 bits per heavy atom. The van der Waals surface area contributed by atoms with Crippen LogP contribution in [0.4, 0.5) is 5.69 Å². The Bertz CT molecular complexity index is 2020. The first-order valence-corrected chi connectivity index (χ1v) is 21.9. The van der Waals surface area contributed by atoms with Crippen molar-refractivity contribution in [2.75, 3.05) is 18.1 Å². The number of hydrogen-bond acceptors (Lipinski definition) is 5. The van der Waals surface area contributed by atoms with Crippen LogP contribution in [0.25, 0.3) is 6.08 Å². The van der Waals surface area contributed by atoms with Crippen molar-refractivity contribution in [1.82, 2.24) is 0 Å². The van der Waals surface area contributed by atoms with Crippen molar-refractivity contribution in [3.05, 3.63) is 137 Å². The first-order valence-electron chi connectivity index (χ1n) is 20.0. The van der Waals surface area contributed by atoms with Gasteiger partial charge in [-0.3, -0.25) is 14.5 Å². The number of anilines is 1. The van der Waals surface area contributed by atoms with Gasteiger partial charge >= 0.3 is 0 Å². The lowest BCUT2D eigenvalue weighted by Gasteiger charge is -2.44. The number of ether oxygens (including phenoxy) is 1. The van der Waals surface area contributed by atoms with E-state index in [0.717, 1.165) is 47.9 Å². The normalized spacial score (nSPS) is 21.6. The molecule has 6 nitrogen and oxygen atoms in total. The lowest BCUT2D eigenvalue weighted by Crippen LogP contribution is -2.66. The first kappa shape index (κ1) is 38.7. The Balaban J connectivity index is 1.27. The maximum absolute atomic E-state index is 14.3. The van der Waals surface area contributed by atoms with E-state index in [1.165, 1.54) is 26.4 Å². The molecule has 0 unspecified atom stereocenters. The zero-order chi connectivity index (χ0) is 38.9. The molecule has 4 aromatic rings. The Kier molecular flexibility index (Phi) is 11.2. The van der Waals surface area contributed by atoms with Crippen LogP contribution >= 0.6 is 0 Å². The molecule has 2 saturated heterocycles. The van der Waals surface area contributed by atoms with Gasteiger partial charge in [-0.2, -0.15) is 0 Å². The number of para-hydroxylation sites is 1. The third kappa shape index (κ3) is 7.30. The zero-order valence-corrected chi connectivity index (χ0v) is 34.2. The van der Waals surface area contributed by atoms with Crippen molar-refractivity contribution in [3.8, 4) is 5.75 Å². The molecule has 0 saturated carbocycles. The lowest BCUT2D eigenvalue weighted by atomic mass is 9.69. The van der Waals surface area contributed by atoms with Gasteiger partial charge in [0.05, 0.1) is 36.8 Å². The van der Waals surface area contributed by atoms with E-state index in [2.05, 4.69) is 94.4 Å². The molecule has 3 aliphatic rings. The van der Waals surface area contributed by atoms with E-state index in [-0.39, 0.29) is 28.9 Å². The van der Waals surface area contributed by atoms with Crippen molar-refractivity contribution in [1.29, 1.82) is 0 Å². The Morgan fingerprint density at radius 2 is 1.44 bits per heavy atom. The van der Waals surface area contributed by atoms with Crippen LogP contribution in [-0.4, -0.2) is 44.6 Å². The predicted molar refractivity (Wildman–Crippen MR) is 224 cm³/mol. The van der Waals surface area contributed by atoms with Crippen molar-refractivity contribution >= 4 is 42.3 Å². The van der Waals surface area contributed by atoms with E-state index in [9.17, 15) is 14.7 Å². The molecule has 0 radical (unpaired) electrons. The molecule has 1 aliphatic carbocycles. The van der Waals surface area contributed by atoms with Crippen LogP contribution in [0.1, 0.15) is 76.5 Å². The highest BCUT2D eigenvalue weighted by atomic mass is 28.4. The van der Waals surface area contributed by atoms with Gasteiger partial charge in [-0.05, 0) is 107 Å². The topological polar surface area (TPSA) is 76.1 Å². The van der Waals surface area contributed by atoms with Crippen LogP contribution in [-0.2, 0) is 18.8 Å². The Hall–Kier alpha value is -4.56. The highest BCUT2D eigenvalue weighted by molar-refractivity contribution is 6.99. The van der Waals surface area contributed by atoms with Gasteiger partial charge in [0.1, 0.15) is 5.75 Å². The summed E-state index contributed by atoms with van der Waals surface area (Å²) in [5.41, 5.74) is 7.08. The van der Waals surface area contributed by atoms with E-state index >= 15 is 0 Å². The predicted octanol–water partition coefficient (Wildman–Crippen LogP) is 9.07. The third-order valence-electron chi connectivity index (χ3n) is 12.1. The molecular formula is C48H55NO5Si. The van der Waals surface area contributed by atoms with Gasteiger partial charge in [-0.25, -0.2) is 0 Å².